The summed E-state index contributed by atoms with van der Waals surface area (Å²) in [5.41, 5.74) is 9.75. The second kappa shape index (κ2) is 12.1. The van der Waals surface area contributed by atoms with Crippen molar-refractivity contribution in [1.82, 2.24) is 5.32 Å². The van der Waals surface area contributed by atoms with E-state index in [0.717, 1.165) is 74.1 Å². The number of hydrogen-bond donors (Lipinski definition) is 1. The van der Waals surface area contributed by atoms with E-state index in [1.165, 1.54) is 32.9 Å². The zero-order chi connectivity index (χ0) is 33.7. The Morgan fingerprint density at radius 2 is 1.20 bits per heavy atom. The Morgan fingerprint density at radius 3 is 2.08 bits per heavy atom. The zero-order valence-electron chi connectivity index (χ0n) is 27.9. The summed E-state index contributed by atoms with van der Waals surface area (Å²) < 4.78 is 6.19. The predicted molar refractivity (Wildman–Crippen MR) is 212 cm³/mol. The van der Waals surface area contributed by atoms with Crippen LogP contribution in [0, 0.1) is 0 Å². The van der Waals surface area contributed by atoms with Gasteiger partial charge < -0.3 is 9.73 Å². The molecule has 51 heavy (non-hydrogen) atoms. The molecule has 1 N–H and O–H groups in total. The number of amidine groups is 2. The van der Waals surface area contributed by atoms with Crippen LogP contribution in [0.15, 0.2) is 178 Å². The van der Waals surface area contributed by atoms with Gasteiger partial charge in [0, 0.05) is 21.9 Å². The number of hydrogen-bond acceptors (Lipinski definition) is 4. The molecule has 0 bridgehead atoms. The Morgan fingerprint density at radius 1 is 0.529 bits per heavy atom. The lowest BCUT2D eigenvalue weighted by molar-refractivity contribution is 0.669. The first-order valence-electron chi connectivity index (χ1n) is 17.6. The van der Waals surface area contributed by atoms with Crippen molar-refractivity contribution < 1.29 is 4.42 Å². The van der Waals surface area contributed by atoms with Gasteiger partial charge in [-0.15, -0.1) is 0 Å². The average Bonchev–Trinajstić information content (AvgIpc) is 3.60. The Balaban J connectivity index is 1.04. The van der Waals surface area contributed by atoms with Crippen LogP contribution in [0.25, 0.3) is 60.2 Å². The minimum absolute atomic E-state index is 0.401. The van der Waals surface area contributed by atoms with E-state index in [0.29, 0.717) is 0 Å². The largest absolute Gasteiger partial charge is 0.456 e. The summed E-state index contributed by atoms with van der Waals surface area (Å²) in [7, 11) is 0. The first-order valence-corrected chi connectivity index (χ1v) is 17.6. The number of rotatable bonds is 5. The van der Waals surface area contributed by atoms with E-state index in [4.69, 9.17) is 14.4 Å². The molecule has 8 aromatic rings. The second-order valence-corrected chi connectivity index (χ2v) is 13.3. The van der Waals surface area contributed by atoms with Crippen molar-refractivity contribution >= 4 is 60.7 Å². The average molecular weight is 656 g/mol. The van der Waals surface area contributed by atoms with Crippen molar-refractivity contribution in [3.8, 4) is 11.1 Å². The summed E-state index contributed by atoms with van der Waals surface area (Å²) in [6.07, 6.45) is 8.57. The fourth-order valence-electron chi connectivity index (χ4n) is 7.48. The first-order chi connectivity index (χ1) is 25.2. The maximum atomic E-state index is 6.19. The maximum absolute atomic E-state index is 6.19. The van der Waals surface area contributed by atoms with Gasteiger partial charge in [-0.3, -0.25) is 0 Å². The number of allylic oxidation sites excluding steroid dienone is 4. The smallest absolute Gasteiger partial charge is 0.169 e. The van der Waals surface area contributed by atoms with E-state index >= 15 is 0 Å². The molecular formula is C47H33N3O. The lowest BCUT2D eigenvalue weighted by atomic mass is 9.96. The Labute approximate surface area is 295 Å². The van der Waals surface area contributed by atoms with Crippen molar-refractivity contribution in [2.24, 2.45) is 9.98 Å². The Hall–Kier alpha value is -6.52. The van der Waals surface area contributed by atoms with Gasteiger partial charge >= 0.3 is 0 Å². The molecule has 1 aliphatic carbocycles. The van der Waals surface area contributed by atoms with E-state index in [1.807, 2.05) is 18.2 Å². The summed E-state index contributed by atoms with van der Waals surface area (Å²) >= 11 is 0. The molecule has 0 fully saturated rings. The third-order valence-electron chi connectivity index (χ3n) is 10.1. The van der Waals surface area contributed by atoms with Gasteiger partial charge in [-0.2, -0.15) is 0 Å². The quantitative estimate of drug-likeness (QED) is 0.201. The molecule has 1 unspecified atom stereocenters. The van der Waals surface area contributed by atoms with Gasteiger partial charge in [0.05, 0.1) is 0 Å². The molecule has 1 aromatic heterocycles. The lowest BCUT2D eigenvalue weighted by Crippen LogP contribution is -2.36. The number of nitrogens with zero attached hydrogens (tertiary/aromatic N) is 2. The number of furan rings is 1. The number of fused-ring (bicyclic) bond motifs is 5. The van der Waals surface area contributed by atoms with Crippen LogP contribution < -0.4 is 5.32 Å². The molecule has 0 saturated carbocycles. The SMILES string of the molecule is C1=CC(c2ccc(C3=NC(c4ccc5cc(-c6cccc7oc8ccccc8c67)ccc5c4)N=C(c4ccc5ccccc5c4)N3)cc2)=CCC1. The van der Waals surface area contributed by atoms with Crippen molar-refractivity contribution in [3.63, 3.8) is 0 Å². The van der Waals surface area contributed by atoms with Gasteiger partial charge in [-0.25, -0.2) is 9.98 Å². The monoisotopic (exact) mass is 655 g/mol. The lowest BCUT2D eigenvalue weighted by Gasteiger charge is -2.23. The summed E-state index contributed by atoms with van der Waals surface area (Å²) in [5, 5.41) is 10.6. The van der Waals surface area contributed by atoms with Crippen LogP contribution in [-0.4, -0.2) is 11.7 Å². The van der Waals surface area contributed by atoms with Crippen LogP contribution >= 0.6 is 0 Å². The highest BCUT2D eigenvalue weighted by molar-refractivity contribution is 6.17. The van der Waals surface area contributed by atoms with Gasteiger partial charge in [-0.05, 0) is 92.5 Å². The highest BCUT2D eigenvalue weighted by Gasteiger charge is 2.22. The third kappa shape index (κ3) is 5.33. The Bertz CT molecular complexity index is 2780. The number of para-hydroxylation sites is 1. The number of aliphatic imine (C=N–C) groups is 2. The summed E-state index contributed by atoms with van der Waals surface area (Å²) in [6.45, 7) is 0. The molecule has 1 atom stereocenters. The number of nitrogens with one attached hydrogen (secondary N) is 1. The van der Waals surface area contributed by atoms with E-state index in [1.54, 1.807) is 0 Å². The second-order valence-electron chi connectivity index (χ2n) is 13.3. The van der Waals surface area contributed by atoms with Gasteiger partial charge in [-0.1, -0.05) is 133 Å². The van der Waals surface area contributed by atoms with Crippen LogP contribution in [0.3, 0.4) is 0 Å². The summed E-state index contributed by atoms with van der Waals surface area (Å²) in [4.78, 5) is 10.4. The van der Waals surface area contributed by atoms with Crippen molar-refractivity contribution in [1.29, 1.82) is 0 Å². The first kappa shape index (κ1) is 29.4. The van der Waals surface area contributed by atoms with Gasteiger partial charge in [0.1, 0.15) is 22.8 Å². The molecule has 4 nitrogen and oxygen atoms in total. The molecule has 10 rings (SSSR count). The van der Waals surface area contributed by atoms with E-state index in [-0.39, 0.29) is 0 Å². The van der Waals surface area contributed by atoms with E-state index in [2.05, 4.69) is 151 Å². The van der Waals surface area contributed by atoms with E-state index in [9.17, 15) is 0 Å². The molecule has 0 amide bonds. The standard InChI is InChI=1S/C47H33N3O/c1-2-9-30(10-3-1)32-17-20-33(21-18-32)45-48-46(38-25-19-31-11-4-5-12-34(31)28-38)50-47(49-45)39-26-23-35-27-37(24-22-36(35)29-39)40-14-8-16-43-44(40)41-13-6-7-15-42(41)51-43/h2,4-29,47H,1,3H2,(H,48,49,50). The van der Waals surface area contributed by atoms with Crippen LogP contribution in [0.2, 0.25) is 0 Å². The minimum atomic E-state index is -0.401. The Kier molecular flexibility index (Phi) is 6.98. The molecule has 0 radical (unpaired) electrons. The fourth-order valence-corrected chi connectivity index (χ4v) is 7.48. The van der Waals surface area contributed by atoms with Crippen LogP contribution in [0.5, 0.6) is 0 Å². The number of benzene rings is 7. The van der Waals surface area contributed by atoms with E-state index < -0.39 is 6.17 Å². The normalized spacial score (nSPS) is 15.9. The van der Waals surface area contributed by atoms with Gasteiger partial charge in [0.25, 0.3) is 0 Å². The molecule has 0 saturated heterocycles. The molecule has 2 heterocycles. The predicted octanol–water partition coefficient (Wildman–Crippen LogP) is 11.8. The zero-order valence-corrected chi connectivity index (χ0v) is 27.9. The fraction of sp³-hybridized carbons (Fsp3) is 0.0638. The molecule has 4 heteroatoms. The molecular weight excluding hydrogens is 623 g/mol. The minimum Gasteiger partial charge on any atom is -0.456 e. The van der Waals surface area contributed by atoms with Gasteiger partial charge in [0.15, 0.2) is 6.17 Å². The molecule has 0 spiro atoms. The summed E-state index contributed by atoms with van der Waals surface area (Å²) in [6, 6.07) is 51.5. The third-order valence-corrected chi connectivity index (χ3v) is 10.1. The maximum Gasteiger partial charge on any atom is 0.169 e. The van der Waals surface area contributed by atoms with Crippen LogP contribution in [0.1, 0.15) is 41.3 Å². The highest BCUT2D eigenvalue weighted by atomic mass is 16.3. The molecule has 1 aliphatic heterocycles. The van der Waals surface area contributed by atoms with Crippen LogP contribution in [0.4, 0.5) is 0 Å². The molecule has 242 valence electrons. The molecule has 7 aromatic carbocycles. The van der Waals surface area contributed by atoms with Crippen molar-refractivity contribution in [2.45, 2.75) is 19.0 Å². The van der Waals surface area contributed by atoms with Crippen LogP contribution in [-0.2, 0) is 0 Å². The topological polar surface area (TPSA) is 49.9 Å². The van der Waals surface area contributed by atoms with Crippen molar-refractivity contribution in [2.75, 3.05) is 0 Å². The van der Waals surface area contributed by atoms with Gasteiger partial charge in [0.2, 0.25) is 0 Å². The highest BCUT2D eigenvalue weighted by Crippen LogP contribution is 2.38. The van der Waals surface area contributed by atoms with Crippen molar-refractivity contribution in [3.05, 3.63) is 186 Å². The molecule has 2 aliphatic rings. The summed E-state index contributed by atoms with van der Waals surface area (Å²) in [5.74, 6) is 1.63.